The van der Waals surface area contributed by atoms with Crippen LogP contribution in [-0.4, -0.2) is 15.6 Å². The highest BCUT2D eigenvalue weighted by molar-refractivity contribution is 6.42. The third kappa shape index (κ3) is 2.57. The lowest BCUT2D eigenvalue weighted by atomic mass is 10.1. The van der Waals surface area contributed by atoms with Gasteiger partial charge in [0.25, 0.3) is 0 Å². The van der Waals surface area contributed by atoms with Gasteiger partial charge in [-0.25, -0.2) is 0 Å². The molecule has 94 valence electrons. The number of Topliss-reactive ketones (excluding diaryl/α,β-unsaturated/α-hetero) is 1. The molecule has 5 heteroatoms. The van der Waals surface area contributed by atoms with Gasteiger partial charge in [0.1, 0.15) is 5.69 Å². The highest BCUT2D eigenvalue weighted by Crippen LogP contribution is 2.26. The first-order valence-electron chi connectivity index (χ1n) is 5.45. The van der Waals surface area contributed by atoms with Crippen LogP contribution in [0.2, 0.25) is 10.0 Å². The molecule has 0 saturated heterocycles. The average molecular weight is 283 g/mol. The summed E-state index contributed by atoms with van der Waals surface area (Å²) in [6.45, 7) is 1.85. The number of hydrogen-bond acceptors (Lipinski definition) is 2. The molecule has 0 aliphatic rings. The molecule has 0 aliphatic carbocycles. The highest BCUT2D eigenvalue weighted by atomic mass is 35.5. The van der Waals surface area contributed by atoms with E-state index in [1.807, 2.05) is 6.92 Å². The zero-order valence-corrected chi connectivity index (χ0v) is 11.6. The molecule has 3 nitrogen and oxygen atoms in total. The fourth-order valence-corrected chi connectivity index (χ4v) is 2.21. The van der Waals surface area contributed by atoms with E-state index in [0.29, 0.717) is 15.7 Å². The molecule has 1 heterocycles. The van der Waals surface area contributed by atoms with Gasteiger partial charge in [0, 0.05) is 13.5 Å². The van der Waals surface area contributed by atoms with E-state index in [1.165, 1.54) is 0 Å². The van der Waals surface area contributed by atoms with Crippen molar-refractivity contribution in [3.05, 3.63) is 51.3 Å². The molecule has 2 rings (SSSR count). The van der Waals surface area contributed by atoms with Crippen molar-refractivity contribution < 1.29 is 4.79 Å². The third-order valence-electron chi connectivity index (χ3n) is 2.67. The van der Waals surface area contributed by atoms with Crippen molar-refractivity contribution in [3.63, 3.8) is 0 Å². The third-order valence-corrected chi connectivity index (χ3v) is 3.53. The highest BCUT2D eigenvalue weighted by Gasteiger charge is 2.15. The summed E-state index contributed by atoms with van der Waals surface area (Å²) in [5, 5.41) is 5.05. The molecule has 0 aliphatic heterocycles. The van der Waals surface area contributed by atoms with Crippen LogP contribution in [0.3, 0.4) is 0 Å². The molecular weight excluding hydrogens is 271 g/mol. The van der Waals surface area contributed by atoms with Gasteiger partial charge in [-0.2, -0.15) is 5.10 Å². The van der Waals surface area contributed by atoms with E-state index in [4.69, 9.17) is 23.2 Å². The lowest BCUT2D eigenvalue weighted by Crippen LogP contribution is -2.09. The Morgan fingerprint density at radius 1 is 1.39 bits per heavy atom. The van der Waals surface area contributed by atoms with Crippen molar-refractivity contribution >= 4 is 29.0 Å². The summed E-state index contributed by atoms with van der Waals surface area (Å²) in [4.78, 5) is 12.1. The number of aryl methyl sites for hydroxylation is 2. The molecule has 0 atom stereocenters. The number of hydrogen-bond donors (Lipinski definition) is 0. The Labute approximate surface area is 115 Å². The zero-order chi connectivity index (χ0) is 13.3. The van der Waals surface area contributed by atoms with E-state index >= 15 is 0 Å². The molecule has 0 fully saturated rings. The first-order chi connectivity index (χ1) is 8.49. The number of carbonyl (C=O) groups excluding carboxylic acids is 1. The molecule has 1 aromatic heterocycles. The van der Waals surface area contributed by atoms with E-state index < -0.39 is 0 Å². The lowest BCUT2D eigenvalue weighted by Gasteiger charge is -2.05. The van der Waals surface area contributed by atoms with Crippen molar-refractivity contribution in [1.82, 2.24) is 9.78 Å². The zero-order valence-electron chi connectivity index (χ0n) is 10.1. The predicted octanol–water partition coefficient (Wildman–Crippen LogP) is 3.46. The monoisotopic (exact) mass is 282 g/mol. The van der Waals surface area contributed by atoms with Gasteiger partial charge in [0.2, 0.25) is 0 Å². The standard InChI is InChI=1S/C13H12Cl2N2O/c1-8-6-11(17(2)16-8)12(18)7-9-4-3-5-10(14)13(9)15/h3-6H,7H2,1-2H3. The fraction of sp³-hybridized carbons (Fsp3) is 0.231. The van der Waals surface area contributed by atoms with Gasteiger partial charge >= 0.3 is 0 Å². The summed E-state index contributed by atoms with van der Waals surface area (Å²) in [5.41, 5.74) is 2.12. The quantitative estimate of drug-likeness (QED) is 0.808. The summed E-state index contributed by atoms with van der Waals surface area (Å²) < 4.78 is 1.58. The van der Waals surface area contributed by atoms with Gasteiger partial charge in [-0.15, -0.1) is 0 Å². The van der Waals surface area contributed by atoms with E-state index in [0.717, 1.165) is 11.3 Å². The van der Waals surface area contributed by atoms with Crippen molar-refractivity contribution in [3.8, 4) is 0 Å². The van der Waals surface area contributed by atoms with Crippen LogP contribution in [0.1, 0.15) is 21.7 Å². The Morgan fingerprint density at radius 2 is 2.11 bits per heavy atom. The minimum Gasteiger partial charge on any atom is -0.292 e. The number of carbonyl (C=O) groups is 1. The maximum Gasteiger partial charge on any atom is 0.185 e. The minimum atomic E-state index is -0.0257. The molecular formula is C13H12Cl2N2O. The Bertz CT molecular complexity index is 605. The second kappa shape index (κ2) is 5.12. The Kier molecular flexibility index (Phi) is 3.73. The number of rotatable bonds is 3. The maximum absolute atomic E-state index is 12.1. The topological polar surface area (TPSA) is 34.9 Å². The van der Waals surface area contributed by atoms with Crippen molar-refractivity contribution in [2.75, 3.05) is 0 Å². The summed E-state index contributed by atoms with van der Waals surface area (Å²) >= 11 is 12.0. The van der Waals surface area contributed by atoms with E-state index in [9.17, 15) is 4.79 Å². The molecule has 0 bridgehead atoms. The van der Waals surface area contributed by atoms with Gasteiger partial charge in [-0.1, -0.05) is 35.3 Å². The Hall–Kier alpha value is -1.32. The van der Waals surface area contributed by atoms with Gasteiger partial charge in [0.15, 0.2) is 5.78 Å². The molecule has 2 aromatic rings. The molecule has 0 N–H and O–H groups in total. The number of benzene rings is 1. The van der Waals surface area contributed by atoms with Gasteiger partial charge in [-0.05, 0) is 24.6 Å². The second-order valence-electron chi connectivity index (χ2n) is 4.11. The van der Waals surface area contributed by atoms with Crippen LogP contribution in [-0.2, 0) is 13.5 Å². The molecule has 0 unspecified atom stereocenters. The molecule has 0 radical (unpaired) electrons. The summed E-state index contributed by atoms with van der Waals surface area (Å²) in [6.07, 6.45) is 0.221. The smallest absolute Gasteiger partial charge is 0.185 e. The fourth-order valence-electron chi connectivity index (χ4n) is 1.82. The average Bonchev–Trinajstić information content (AvgIpc) is 2.64. The summed E-state index contributed by atoms with van der Waals surface area (Å²) in [7, 11) is 1.75. The first kappa shape index (κ1) is 13.1. The molecule has 18 heavy (non-hydrogen) atoms. The van der Waals surface area contributed by atoms with Gasteiger partial charge in [-0.3, -0.25) is 9.48 Å². The number of aromatic nitrogens is 2. The molecule has 0 amide bonds. The maximum atomic E-state index is 12.1. The minimum absolute atomic E-state index is 0.0257. The largest absolute Gasteiger partial charge is 0.292 e. The van der Waals surface area contributed by atoms with Crippen molar-refractivity contribution in [2.24, 2.45) is 7.05 Å². The van der Waals surface area contributed by atoms with Crippen LogP contribution in [0.15, 0.2) is 24.3 Å². The number of ketones is 1. The van der Waals surface area contributed by atoms with Crippen LogP contribution in [0.5, 0.6) is 0 Å². The normalized spacial score (nSPS) is 10.7. The van der Waals surface area contributed by atoms with Crippen LogP contribution >= 0.6 is 23.2 Å². The van der Waals surface area contributed by atoms with Crippen molar-refractivity contribution in [1.29, 1.82) is 0 Å². The van der Waals surface area contributed by atoms with Crippen molar-refractivity contribution in [2.45, 2.75) is 13.3 Å². The predicted molar refractivity (Wildman–Crippen MR) is 72.4 cm³/mol. The van der Waals surface area contributed by atoms with E-state index in [2.05, 4.69) is 5.10 Å². The second-order valence-corrected chi connectivity index (χ2v) is 4.89. The van der Waals surface area contributed by atoms with Gasteiger partial charge < -0.3 is 0 Å². The molecule has 1 aromatic carbocycles. The van der Waals surface area contributed by atoms with Crippen LogP contribution < -0.4 is 0 Å². The number of nitrogens with zero attached hydrogens (tertiary/aromatic N) is 2. The van der Waals surface area contributed by atoms with Gasteiger partial charge in [0.05, 0.1) is 15.7 Å². The van der Waals surface area contributed by atoms with Crippen LogP contribution in [0.4, 0.5) is 0 Å². The Morgan fingerprint density at radius 3 is 2.72 bits per heavy atom. The van der Waals surface area contributed by atoms with Crippen LogP contribution in [0, 0.1) is 6.92 Å². The van der Waals surface area contributed by atoms with Crippen LogP contribution in [0.25, 0.3) is 0 Å². The molecule has 0 saturated carbocycles. The molecule has 0 spiro atoms. The Balaban J connectivity index is 2.27. The van der Waals surface area contributed by atoms with E-state index in [-0.39, 0.29) is 12.2 Å². The van der Waals surface area contributed by atoms with E-state index in [1.54, 1.807) is 36.0 Å². The first-order valence-corrected chi connectivity index (χ1v) is 6.21. The number of halogens is 2. The summed E-state index contributed by atoms with van der Waals surface area (Å²) in [5.74, 6) is -0.0257. The summed E-state index contributed by atoms with van der Waals surface area (Å²) in [6, 6.07) is 7.05. The lowest BCUT2D eigenvalue weighted by molar-refractivity contribution is 0.0984. The SMILES string of the molecule is Cc1cc(C(=O)Cc2cccc(Cl)c2Cl)n(C)n1.